The summed E-state index contributed by atoms with van der Waals surface area (Å²) in [6.07, 6.45) is 0.753. The fraction of sp³-hybridized carbons (Fsp3) is 0.0909. The van der Waals surface area contributed by atoms with Crippen molar-refractivity contribution >= 4 is 23.8 Å². The standard InChI is InChI=1S/C11H12N2O6/c1-4-6(14)12-7(10(16)17)8(11(18)19)13-9(15)5(2)3/h4H,1-2H2,3H3,(H,12,14)(H,13,15)(H,16,17)(H,18,19). The van der Waals surface area contributed by atoms with E-state index in [1.807, 2.05) is 5.32 Å². The zero-order valence-corrected chi connectivity index (χ0v) is 10.0. The van der Waals surface area contributed by atoms with Crippen molar-refractivity contribution in [2.75, 3.05) is 0 Å². The lowest BCUT2D eigenvalue weighted by atomic mass is 10.2. The Morgan fingerprint density at radius 1 is 1.00 bits per heavy atom. The van der Waals surface area contributed by atoms with Crippen molar-refractivity contribution in [3.05, 3.63) is 36.2 Å². The molecule has 0 unspecified atom stereocenters. The summed E-state index contributed by atoms with van der Waals surface area (Å²) in [6.45, 7) is 7.66. The molecular weight excluding hydrogens is 256 g/mol. The van der Waals surface area contributed by atoms with E-state index in [2.05, 4.69) is 13.2 Å². The van der Waals surface area contributed by atoms with Gasteiger partial charge in [0.25, 0.3) is 5.91 Å². The van der Waals surface area contributed by atoms with Gasteiger partial charge in [0.15, 0.2) is 11.4 Å². The minimum atomic E-state index is -1.73. The molecular formula is C11H12N2O6. The van der Waals surface area contributed by atoms with E-state index in [1.165, 1.54) is 6.92 Å². The minimum Gasteiger partial charge on any atom is -0.477 e. The van der Waals surface area contributed by atoms with Gasteiger partial charge in [0.1, 0.15) is 0 Å². The van der Waals surface area contributed by atoms with Crippen LogP contribution in [0.25, 0.3) is 0 Å². The molecule has 0 spiro atoms. The van der Waals surface area contributed by atoms with Crippen molar-refractivity contribution in [2.45, 2.75) is 6.92 Å². The first kappa shape index (κ1) is 16.1. The monoisotopic (exact) mass is 268 g/mol. The van der Waals surface area contributed by atoms with Crippen LogP contribution in [0.4, 0.5) is 0 Å². The van der Waals surface area contributed by atoms with Gasteiger partial charge in [0, 0.05) is 5.57 Å². The average molecular weight is 268 g/mol. The number of aliphatic carboxylic acids is 2. The summed E-state index contributed by atoms with van der Waals surface area (Å²) in [4.78, 5) is 44.2. The second-order valence-electron chi connectivity index (χ2n) is 3.29. The first-order valence-corrected chi connectivity index (χ1v) is 4.81. The number of carboxylic acid groups (broad SMARTS) is 2. The van der Waals surface area contributed by atoms with Crippen molar-refractivity contribution in [2.24, 2.45) is 0 Å². The van der Waals surface area contributed by atoms with Crippen LogP contribution in [-0.2, 0) is 19.2 Å². The summed E-state index contributed by atoms with van der Waals surface area (Å²) in [5.74, 6) is -5.27. The van der Waals surface area contributed by atoms with Crippen LogP contribution in [0.1, 0.15) is 6.92 Å². The summed E-state index contributed by atoms with van der Waals surface area (Å²) in [5.41, 5.74) is -1.98. The highest BCUT2D eigenvalue weighted by molar-refractivity contribution is 6.06. The maximum Gasteiger partial charge on any atom is 0.354 e. The molecule has 19 heavy (non-hydrogen) atoms. The van der Waals surface area contributed by atoms with Gasteiger partial charge in [-0.3, -0.25) is 9.59 Å². The molecule has 0 aliphatic carbocycles. The maximum atomic E-state index is 11.3. The normalized spacial score (nSPS) is 10.8. The molecule has 0 aromatic rings. The zero-order valence-electron chi connectivity index (χ0n) is 10.0. The largest absolute Gasteiger partial charge is 0.477 e. The van der Waals surface area contributed by atoms with Gasteiger partial charge in [-0.25, -0.2) is 9.59 Å². The van der Waals surface area contributed by atoms with Crippen molar-refractivity contribution in [1.82, 2.24) is 10.6 Å². The van der Waals surface area contributed by atoms with E-state index in [4.69, 9.17) is 10.2 Å². The minimum absolute atomic E-state index is 0.0291. The van der Waals surface area contributed by atoms with Crippen LogP contribution >= 0.6 is 0 Å². The number of carboxylic acids is 2. The highest BCUT2D eigenvalue weighted by Crippen LogP contribution is 2.02. The summed E-state index contributed by atoms with van der Waals surface area (Å²) >= 11 is 0. The van der Waals surface area contributed by atoms with Gasteiger partial charge in [-0.05, 0) is 13.0 Å². The predicted octanol–water partition coefficient (Wildman–Crippen LogP) is -0.638. The van der Waals surface area contributed by atoms with Gasteiger partial charge in [0.05, 0.1) is 0 Å². The zero-order chi connectivity index (χ0) is 15.2. The molecule has 0 bridgehead atoms. The fourth-order valence-corrected chi connectivity index (χ4v) is 0.840. The summed E-state index contributed by atoms with van der Waals surface area (Å²) in [6, 6.07) is 0. The lowest BCUT2D eigenvalue weighted by Gasteiger charge is -2.10. The number of hydrogen-bond donors (Lipinski definition) is 4. The number of carbonyl (C=O) groups excluding carboxylic acids is 2. The Labute approximate surface area is 108 Å². The predicted molar refractivity (Wildman–Crippen MR) is 63.6 cm³/mol. The highest BCUT2D eigenvalue weighted by atomic mass is 16.4. The van der Waals surface area contributed by atoms with Crippen molar-refractivity contribution in [3.8, 4) is 0 Å². The van der Waals surface area contributed by atoms with Gasteiger partial charge in [-0.15, -0.1) is 0 Å². The molecule has 0 fully saturated rings. The summed E-state index contributed by atoms with van der Waals surface area (Å²) in [7, 11) is 0. The second-order valence-corrected chi connectivity index (χ2v) is 3.29. The third-order valence-electron chi connectivity index (χ3n) is 1.74. The molecule has 102 valence electrons. The van der Waals surface area contributed by atoms with Gasteiger partial charge >= 0.3 is 11.9 Å². The maximum absolute atomic E-state index is 11.3. The average Bonchev–Trinajstić information content (AvgIpc) is 2.31. The molecule has 0 atom stereocenters. The van der Waals surface area contributed by atoms with Crippen molar-refractivity contribution < 1.29 is 29.4 Å². The SMILES string of the molecule is C=CC(=O)NC(C(=O)O)=C(NC(=O)C(=C)C)C(=O)O. The molecule has 0 aliphatic heterocycles. The second kappa shape index (κ2) is 6.74. The number of amides is 2. The third-order valence-corrected chi connectivity index (χ3v) is 1.74. The van der Waals surface area contributed by atoms with E-state index in [-0.39, 0.29) is 5.57 Å². The van der Waals surface area contributed by atoms with Crippen LogP contribution in [0.5, 0.6) is 0 Å². The topological polar surface area (TPSA) is 133 Å². The van der Waals surface area contributed by atoms with Crippen LogP contribution in [0.15, 0.2) is 36.2 Å². The van der Waals surface area contributed by atoms with Gasteiger partial charge in [-0.1, -0.05) is 13.2 Å². The Balaban J connectivity index is 5.62. The van der Waals surface area contributed by atoms with E-state index >= 15 is 0 Å². The molecule has 8 heteroatoms. The first-order chi connectivity index (χ1) is 8.70. The van der Waals surface area contributed by atoms with Crippen LogP contribution in [0, 0.1) is 0 Å². The van der Waals surface area contributed by atoms with E-state index in [0.29, 0.717) is 0 Å². The van der Waals surface area contributed by atoms with Crippen LogP contribution in [0.2, 0.25) is 0 Å². The first-order valence-electron chi connectivity index (χ1n) is 4.81. The Morgan fingerprint density at radius 3 is 1.74 bits per heavy atom. The lowest BCUT2D eigenvalue weighted by Crippen LogP contribution is -2.36. The Kier molecular flexibility index (Phi) is 5.71. The van der Waals surface area contributed by atoms with Gasteiger partial charge in [-0.2, -0.15) is 0 Å². The molecule has 0 radical (unpaired) electrons. The van der Waals surface area contributed by atoms with E-state index < -0.39 is 35.1 Å². The number of hydrogen-bond acceptors (Lipinski definition) is 4. The molecule has 8 nitrogen and oxygen atoms in total. The molecule has 0 rings (SSSR count). The summed E-state index contributed by atoms with van der Waals surface area (Å²) < 4.78 is 0. The van der Waals surface area contributed by atoms with Crippen LogP contribution in [-0.4, -0.2) is 34.0 Å². The van der Waals surface area contributed by atoms with E-state index in [0.717, 1.165) is 6.08 Å². The van der Waals surface area contributed by atoms with Gasteiger partial charge < -0.3 is 20.8 Å². The molecule has 4 N–H and O–H groups in total. The molecule has 0 aliphatic rings. The Morgan fingerprint density at radius 2 is 1.42 bits per heavy atom. The Bertz CT molecular complexity index is 503. The molecule has 0 aromatic heterocycles. The number of carbonyl (C=O) groups is 4. The van der Waals surface area contributed by atoms with E-state index in [1.54, 1.807) is 5.32 Å². The van der Waals surface area contributed by atoms with Crippen molar-refractivity contribution in [3.63, 3.8) is 0 Å². The number of nitrogens with one attached hydrogen (secondary N) is 2. The third kappa shape index (κ3) is 4.86. The smallest absolute Gasteiger partial charge is 0.354 e. The molecule has 0 saturated heterocycles. The fourth-order valence-electron chi connectivity index (χ4n) is 0.840. The molecule has 2 amide bonds. The van der Waals surface area contributed by atoms with Gasteiger partial charge in [0.2, 0.25) is 5.91 Å². The molecule has 0 aromatic carbocycles. The quantitative estimate of drug-likeness (QED) is 0.474. The molecule has 0 heterocycles. The van der Waals surface area contributed by atoms with Crippen LogP contribution in [0.3, 0.4) is 0 Å². The Hall–Kier alpha value is -2.90. The van der Waals surface area contributed by atoms with Crippen LogP contribution < -0.4 is 10.6 Å². The lowest BCUT2D eigenvalue weighted by molar-refractivity contribution is -0.137. The number of rotatable bonds is 6. The summed E-state index contributed by atoms with van der Waals surface area (Å²) in [5, 5.41) is 21.3. The highest BCUT2D eigenvalue weighted by Gasteiger charge is 2.23. The van der Waals surface area contributed by atoms with Crippen molar-refractivity contribution in [1.29, 1.82) is 0 Å². The molecule has 0 saturated carbocycles. The van der Waals surface area contributed by atoms with E-state index in [9.17, 15) is 19.2 Å².